The van der Waals surface area contributed by atoms with Gasteiger partial charge in [0.05, 0.1) is 16.6 Å². The van der Waals surface area contributed by atoms with Crippen LogP contribution in [0.1, 0.15) is 15.9 Å². The third-order valence-corrected chi connectivity index (χ3v) is 1.90. The normalized spacial score (nSPS) is 11.5. The molecule has 0 aliphatic carbocycles. The zero-order valence-electron chi connectivity index (χ0n) is 6.86. The molecule has 0 unspecified atom stereocenters. The van der Waals surface area contributed by atoms with Crippen LogP contribution in [0.15, 0.2) is 12.1 Å². The number of benzene rings is 1. The van der Waals surface area contributed by atoms with Gasteiger partial charge in [-0.15, -0.1) is 0 Å². The molecular weight excluding hydrogens is 240 g/mol. The minimum atomic E-state index is -4.97. The summed E-state index contributed by atoms with van der Waals surface area (Å²) in [5.74, 6) is -3.91. The summed E-state index contributed by atoms with van der Waals surface area (Å²) in [5.41, 5.74) is -3.20. The maximum atomic E-state index is 13.0. The lowest BCUT2D eigenvalue weighted by atomic mass is 10.1. The van der Waals surface area contributed by atoms with E-state index in [0.29, 0.717) is 12.1 Å². The second-order valence-corrected chi connectivity index (χ2v) is 2.98. The Morgan fingerprint density at radius 3 is 2.27 bits per heavy atom. The standard InChI is InChI=1S/C8H3ClF4O2/c9-4-2-1-3(8(11,12)13)5(6(4)10)7(14)15/h1-2H,(H,14,15)/p-1. The Kier molecular flexibility index (Phi) is 2.90. The maximum absolute atomic E-state index is 13.0. The molecule has 0 aromatic heterocycles. The molecule has 0 atom stereocenters. The van der Waals surface area contributed by atoms with Crippen molar-refractivity contribution in [3.05, 3.63) is 34.1 Å². The summed E-state index contributed by atoms with van der Waals surface area (Å²) < 4.78 is 49.6. The van der Waals surface area contributed by atoms with Gasteiger partial charge in [-0.3, -0.25) is 0 Å². The van der Waals surface area contributed by atoms with Gasteiger partial charge in [-0.25, -0.2) is 4.39 Å². The Morgan fingerprint density at radius 2 is 1.87 bits per heavy atom. The van der Waals surface area contributed by atoms with Crippen LogP contribution in [0.4, 0.5) is 17.6 Å². The molecule has 0 N–H and O–H groups in total. The molecule has 0 aliphatic rings. The number of alkyl halides is 3. The van der Waals surface area contributed by atoms with Gasteiger partial charge in [0.15, 0.2) is 5.82 Å². The minimum Gasteiger partial charge on any atom is -0.545 e. The molecular formula is C8H2ClF4O2-. The van der Waals surface area contributed by atoms with E-state index in [0.717, 1.165) is 0 Å². The quantitative estimate of drug-likeness (QED) is 0.704. The van der Waals surface area contributed by atoms with E-state index in [2.05, 4.69) is 0 Å². The van der Waals surface area contributed by atoms with Crippen LogP contribution < -0.4 is 5.11 Å². The van der Waals surface area contributed by atoms with Crippen molar-refractivity contribution in [1.29, 1.82) is 0 Å². The zero-order valence-corrected chi connectivity index (χ0v) is 7.62. The molecule has 0 saturated heterocycles. The lowest BCUT2D eigenvalue weighted by molar-refractivity contribution is -0.256. The van der Waals surface area contributed by atoms with Crippen LogP contribution in [0.25, 0.3) is 0 Å². The molecule has 0 radical (unpaired) electrons. The zero-order chi connectivity index (χ0) is 11.8. The van der Waals surface area contributed by atoms with Gasteiger partial charge >= 0.3 is 6.18 Å². The molecule has 1 rings (SSSR count). The smallest absolute Gasteiger partial charge is 0.417 e. The van der Waals surface area contributed by atoms with Gasteiger partial charge in [0.25, 0.3) is 0 Å². The van der Waals surface area contributed by atoms with Crippen LogP contribution in [0, 0.1) is 5.82 Å². The summed E-state index contributed by atoms with van der Waals surface area (Å²) in [6.45, 7) is 0. The van der Waals surface area contributed by atoms with Gasteiger partial charge < -0.3 is 9.90 Å². The van der Waals surface area contributed by atoms with E-state index in [1.54, 1.807) is 0 Å². The number of carboxylic acids is 1. The highest BCUT2D eigenvalue weighted by Gasteiger charge is 2.35. The Hall–Kier alpha value is -1.30. The van der Waals surface area contributed by atoms with Crippen LogP contribution in [-0.2, 0) is 6.18 Å². The SMILES string of the molecule is O=C([O-])c1c(C(F)(F)F)ccc(Cl)c1F. The number of hydrogen-bond donors (Lipinski definition) is 0. The fraction of sp³-hybridized carbons (Fsp3) is 0.125. The third-order valence-electron chi connectivity index (χ3n) is 1.60. The Balaban J connectivity index is 3.55. The number of carboxylic acid groups (broad SMARTS) is 1. The maximum Gasteiger partial charge on any atom is 0.417 e. The van der Waals surface area contributed by atoms with Crippen LogP contribution in [-0.4, -0.2) is 5.97 Å². The van der Waals surface area contributed by atoms with E-state index in [1.807, 2.05) is 0 Å². The highest BCUT2D eigenvalue weighted by molar-refractivity contribution is 6.31. The highest BCUT2D eigenvalue weighted by atomic mass is 35.5. The van der Waals surface area contributed by atoms with Crippen LogP contribution in [0.2, 0.25) is 5.02 Å². The van der Waals surface area contributed by atoms with E-state index in [4.69, 9.17) is 11.6 Å². The fourth-order valence-electron chi connectivity index (χ4n) is 0.986. The molecule has 15 heavy (non-hydrogen) atoms. The highest BCUT2D eigenvalue weighted by Crippen LogP contribution is 2.34. The van der Waals surface area contributed by atoms with E-state index in [-0.39, 0.29) is 0 Å². The predicted octanol–water partition coefficient (Wildman–Crippen LogP) is 1.86. The molecule has 1 aromatic carbocycles. The van der Waals surface area contributed by atoms with E-state index < -0.39 is 34.1 Å². The molecule has 0 bridgehead atoms. The van der Waals surface area contributed by atoms with Crippen molar-refractivity contribution in [2.75, 3.05) is 0 Å². The molecule has 82 valence electrons. The average molecular weight is 242 g/mol. The van der Waals surface area contributed by atoms with Crippen LogP contribution in [0.5, 0.6) is 0 Å². The van der Waals surface area contributed by atoms with Gasteiger partial charge in [0.1, 0.15) is 0 Å². The van der Waals surface area contributed by atoms with Crippen molar-refractivity contribution in [2.24, 2.45) is 0 Å². The number of aromatic carboxylic acids is 1. The van der Waals surface area contributed by atoms with E-state index in [9.17, 15) is 27.5 Å². The summed E-state index contributed by atoms with van der Waals surface area (Å²) in [4.78, 5) is 10.3. The number of rotatable bonds is 1. The van der Waals surface area contributed by atoms with E-state index in [1.165, 1.54) is 0 Å². The van der Waals surface area contributed by atoms with Crippen molar-refractivity contribution in [2.45, 2.75) is 6.18 Å². The number of halogens is 5. The summed E-state index contributed by atoms with van der Waals surface area (Å²) >= 11 is 5.15. The summed E-state index contributed by atoms with van der Waals surface area (Å²) in [6.07, 6.45) is -4.97. The first-order valence-corrected chi connectivity index (χ1v) is 3.89. The van der Waals surface area contributed by atoms with Gasteiger partial charge in [0, 0.05) is 5.56 Å². The van der Waals surface area contributed by atoms with Gasteiger partial charge in [-0.1, -0.05) is 11.6 Å². The molecule has 0 aliphatic heterocycles. The number of carbonyl (C=O) groups is 1. The van der Waals surface area contributed by atoms with Gasteiger partial charge in [0.2, 0.25) is 0 Å². The molecule has 0 heterocycles. The van der Waals surface area contributed by atoms with Crippen LogP contribution in [0.3, 0.4) is 0 Å². The largest absolute Gasteiger partial charge is 0.545 e. The Morgan fingerprint density at radius 1 is 1.33 bits per heavy atom. The molecule has 0 fully saturated rings. The topological polar surface area (TPSA) is 40.1 Å². The first-order valence-electron chi connectivity index (χ1n) is 3.51. The average Bonchev–Trinajstić information content (AvgIpc) is 2.06. The number of hydrogen-bond acceptors (Lipinski definition) is 2. The second-order valence-electron chi connectivity index (χ2n) is 2.57. The first kappa shape index (κ1) is 11.8. The Bertz CT molecular complexity index is 414. The molecule has 1 aromatic rings. The second kappa shape index (κ2) is 3.69. The van der Waals surface area contributed by atoms with Crippen molar-refractivity contribution < 1.29 is 27.5 Å². The van der Waals surface area contributed by atoms with Gasteiger partial charge in [-0.2, -0.15) is 13.2 Å². The first-order chi connectivity index (χ1) is 6.75. The van der Waals surface area contributed by atoms with E-state index >= 15 is 0 Å². The van der Waals surface area contributed by atoms with Crippen molar-refractivity contribution in [1.82, 2.24) is 0 Å². The van der Waals surface area contributed by atoms with Crippen molar-refractivity contribution in [3.8, 4) is 0 Å². The van der Waals surface area contributed by atoms with Crippen molar-refractivity contribution in [3.63, 3.8) is 0 Å². The number of carbonyl (C=O) groups excluding carboxylic acids is 1. The Labute approximate surface area is 86.1 Å². The van der Waals surface area contributed by atoms with Crippen molar-refractivity contribution >= 4 is 17.6 Å². The predicted molar refractivity (Wildman–Crippen MR) is 40.7 cm³/mol. The summed E-state index contributed by atoms with van der Waals surface area (Å²) in [5, 5.41) is 9.63. The minimum absolute atomic E-state index is 0.385. The molecule has 0 saturated carbocycles. The lowest BCUT2D eigenvalue weighted by Crippen LogP contribution is -2.27. The third kappa shape index (κ3) is 2.20. The molecule has 2 nitrogen and oxygen atoms in total. The molecule has 7 heteroatoms. The van der Waals surface area contributed by atoms with Crippen LogP contribution >= 0.6 is 11.6 Å². The monoisotopic (exact) mass is 241 g/mol. The fourth-order valence-corrected chi connectivity index (χ4v) is 1.14. The van der Waals surface area contributed by atoms with Gasteiger partial charge in [-0.05, 0) is 12.1 Å². The lowest BCUT2D eigenvalue weighted by Gasteiger charge is -2.14. The summed E-state index contributed by atoms with van der Waals surface area (Å²) in [7, 11) is 0. The summed E-state index contributed by atoms with van der Waals surface area (Å²) in [6, 6.07) is 1.02. The molecule has 0 spiro atoms. The molecule has 0 amide bonds.